The summed E-state index contributed by atoms with van der Waals surface area (Å²) in [7, 11) is 0. The summed E-state index contributed by atoms with van der Waals surface area (Å²) in [6, 6.07) is 9.60. The zero-order valence-electron chi connectivity index (χ0n) is 29.0. The van der Waals surface area contributed by atoms with Gasteiger partial charge in [0.1, 0.15) is 6.07 Å². The summed E-state index contributed by atoms with van der Waals surface area (Å²) in [5, 5.41) is 14.0. The molecule has 0 heterocycles. The SMILES string of the molecule is CC1(C)CC[C@H]2C(=O)C=C3[C@@]4(C)C=C(C#N)C(=O)C(C)(C)[C@@H]4CC[C@@]3(C)[C@]2(C)CC[C@@](C)(NC(=O)/C=C/c2ccc(Cl)cc2)CC1. The van der Waals surface area contributed by atoms with E-state index < -0.39 is 16.4 Å². The van der Waals surface area contributed by atoms with E-state index in [9.17, 15) is 19.6 Å². The predicted molar refractivity (Wildman–Crippen MR) is 185 cm³/mol. The lowest BCUT2D eigenvalue weighted by Gasteiger charge is -2.65. The van der Waals surface area contributed by atoms with Crippen molar-refractivity contribution in [1.82, 2.24) is 5.32 Å². The molecule has 1 aromatic rings. The molecule has 46 heavy (non-hydrogen) atoms. The molecule has 246 valence electrons. The van der Waals surface area contributed by atoms with E-state index in [2.05, 4.69) is 52.9 Å². The molecule has 5 rings (SSSR count). The summed E-state index contributed by atoms with van der Waals surface area (Å²) >= 11 is 6.04. The fourth-order valence-electron chi connectivity index (χ4n) is 9.80. The minimum Gasteiger partial charge on any atom is -0.347 e. The highest BCUT2D eigenvalue weighted by molar-refractivity contribution is 6.30. The maximum Gasteiger partial charge on any atom is 0.244 e. The van der Waals surface area contributed by atoms with Crippen molar-refractivity contribution >= 4 is 35.2 Å². The molecule has 6 atom stereocenters. The average molecular weight is 643 g/mol. The highest BCUT2D eigenvalue weighted by Crippen LogP contribution is 2.70. The Bertz CT molecular complexity index is 1580. The first kappa shape index (κ1) is 34.4. The highest BCUT2D eigenvalue weighted by atomic mass is 35.5. The van der Waals surface area contributed by atoms with Crippen LogP contribution in [0.1, 0.15) is 112 Å². The summed E-state index contributed by atoms with van der Waals surface area (Å²) in [6.45, 7) is 17.5. The monoisotopic (exact) mass is 642 g/mol. The molecule has 0 aliphatic heterocycles. The largest absolute Gasteiger partial charge is 0.347 e. The second-order valence-electron chi connectivity index (χ2n) is 17.0. The Balaban J connectivity index is 1.53. The summed E-state index contributed by atoms with van der Waals surface area (Å²) in [4.78, 5) is 41.1. The number of carbonyl (C=O) groups excluding carboxylic acids is 3. The van der Waals surface area contributed by atoms with Crippen molar-refractivity contribution in [2.75, 3.05) is 0 Å². The number of nitrogens with one attached hydrogen (secondary N) is 1. The van der Waals surface area contributed by atoms with E-state index in [1.54, 1.807) is 6.08 Å². The number of amides is 1. The van der Waals surface area contributed by atoms with E-state index in [1.165, 1.54) is 0 Å². The zero-order valence-corrected chi connectivity index (χ0v) is 29.7. The fourth-order valence-corrected chi connectivity index (χ4v) is 9.92. The van der Waals surface area contributed by atoms with Crippen LogP contribution in [0.15, 0.2) is 53.6 Å². The van der Waals surface area contributed by atoms with E-state index in [4.69, 9.17) is 11.6 Å². The third kappa shape index (κ3) is 5.74. The maximum atomic E-state index is 14.4. The van der Waals surface area contributed by atoms with Gasteiger partial charge in [-0.1, -0.05) is 83.8 Å². The van der Waals surface area contributed by atoms with E-state index in [0.717, 1.165) is 62.5 Å². The fraction of sp³-hybridized carbons (Fsp3) is 0.600. The Morgan fingerprint density at radius 2 is 1.57 bits per heavy atom. The zero-order chi connectivity index (χ0) is 33.9. The molecule has 2 fully saturated rings. The number of Topliss-reactive ketones (excluding diaryl/α,β-unsaturated/α-hetero) is 1. The van der Waals surface area contributed by atoms with Gasteiger partial charge in [0, 0.05) is 33.4 Å². The summed E-state index contributed by atoms with van der Waals surface area (Å²) in [5.41, 5.74) is -0.192. The third-order valence-electron chi connectivity index (χ3n) is 13.1. The van der Waals surface area contributed by atoms with Gasteiger partial charge in [0.2, 0.25) is 5.91 Å². The molecule has 1 aromatic carbocycles. The molecule has 0 unspecified atom stereocenters. The number of hydrogen-bond acceptors (Lipinski definition) is 4. The number of carbonyl (C=O) groups is 3. The highest BCUT2D eigenvalue weighted by Gasteiger charge is 2.65. The first-order chi connectivity index (χ1) is 21.3. The minimum absolute atomic E-state index is 0.00678. The van der Waals surface area contributed by atoms with E-state index in [1.807, 2.05) is 56.3 Å². The van der Waals surface area contributed by atoms with Gasteiger partial charge in [-0.2, -0.15) is 5.26 Å². The van der Waals surface area contributed by atoms with Gasteiger partial charge in [0.25, 0.3) is 0 Å². The number of halogens is 1. The lowest BCUT2D eigenvalue weighted by Crippen LogP contribution is -2.60. The first-order valence-corrected chi connectivity index (χ1v) is 17.4. The van der Waals surface area contributed by atoms with E-state index >= 15 is 0 Å². The van der Waals surface area contributed by atoms with Gasteiger partial charge in [-0.3, -0.25) is 14.4 Å². The number of fused-ring (bicyclic) bond motifs is 5. The number of hydrogen-bond donors (Lipinski definition) is 1. The molecule has 1 amide bonds. The molecule has 5 nitrogen and oxygen atoms in total. The number of benzene rings is 1. The molecular formula is C40H51ClN2O3. The standard InChI is InChI=1S/C40H51ClN2O3/c1-35(2)17-15-29-30(44)23-32-38(6)24-27(25-42)34(46)36(3,4)31(38)16-18-40(32,8)39(29,7)22-21-37(5,20-19-35)43-33(45)14-11-26-9-12-28(41)13-10-26/h9-14,23-24,29,31H,15-22H2,1-8H3,(H,43,45)/b14-11+/t29-,31-,37-,38-,39+,40+/m0/s1. The molecule has 0 radical (unpaired) electrons. The smallest absolute Gasteiger partial charge is 0.244 e. The Morgan fingerprint density at radius 3 is 2.22 bits per heavy atom. The average Bonchev–Trinajstić information content (AvgIpc) is 2.98. The van der Waals surface area contributed by atoms with Crippen molar-refractivity contribution < 1.29 is 14.4 Å². The van der Waals surface area contributed by atoms with Crippen molar-refractivity contribution in [2.24, 2.45) is 38.9 Å². The number of nitriles is 1. The van der Waals surface area contributed by atoms with Crippen LogP contribution in [0, 0.1) is 50.2 Å². The van der Waals surface area contributed by atoms with Crippen molar-refractivity contribution in [3.05, 3.63) is 64.2 Å². The van der Waals surface area contributed by atoms with Gasteiger partial charge >= 0.3 is 0 Å². The lowest BCUT2D eigenvalue weighted by atomic mass is 9.38. The molecule has 4 aliphatic carbocycles. The van der Waals surface area contributed by atoms with Crippen LogP contribution in [0.5, 0.6) is 0 Å². The van der Waals surface area contributed by atoms with Crippen LogP contribution < -0.4 is 5.32 Å². The summed E-state index contributed by atoms with van der Waals surface area (Å²) < 4.78 is 0. The molecule has 1 N–H and O–H groups in total. The summed E-state index contributed by atoms with van der Waals surface area (Å²) in [5.74, 6) is -0.178. The van der Waals surface area contributed by atoms with Gasteiger partial charge in [-0.15, -0.1) is 0 Å². The van der Waals surface area contributed by atoms with Crippen LogP contribution in [0.25, 0.3) is 6.08 Å². The van der Waals surface area contributed by atoms with Crippen LogP contribution in [-0.4, -0.2) is 23.0 Å². The van der Waals surface area contributed by atoms with Gasteiger partial charge in [-0.25, -0.2) is 0 Å². The normalized spacial score (nSPS) is 37.1. The Labute approximate surface area is 280 Å². The van der Waals surface area contributed by atoms with Crippen molar-refractivity contribution in [3.63, 3.8) is 0 Å². The van der Waals surface area contributed by atoms with Gasteiger partial charge < -0.3 is 5.32 Å². The van der Waals surface area contributed by atoms with E-state index in [0.29, 0.717) is 5.02 Å². The molecule has 2 saturated carbocycles. The number of ketones is 2. The van der Waals surface area contributed by atoms with Crippen molar-refractivity contribution in [1.29, 1.82) is 5.26 Å². The van der Waals surface area contributed by atoms with Crippen LogP contribution in [-0.2, 0) is 14.4 Å². The molecule has 0 spiro atoms. The lowest BCUT2D eigenvalue weighted by molar-refractivity contribution is -0.139. The molecule has 6 heteroatoms. The number of rotatable bonds is 3. The quantitative estimate of drug-likeness (QED) is 0.333. The second-order valence-corrected chi connectivity index (χ2v) is 17.4. The number of allylic oxidation sites excluding steroid dienone is 4. The molecule has 0 bridgehead atoms. The van der Waals surface area contributed by atoms with Crippen molar-refractivity contribution in [3.8, 4) is 6.07 Å². The van der Waals surface area contributed by atoms with Gasteiger partial charge in [-0.05, 0) is 110 Å². The predicted octanol–water partition coefficient (Wildman–Crippen LogP) is 9.22. The molecular weight excluding hydrogens is 592 g/mol. The first-order valence-electron chi connectivity index (χ1n) is 17.0. The molecule has 0 aromatic heterocycles. The Hall–Kier alpha value is -2.97. The minimum atomic E-state index is -0.694. The third-order valence-corrected chi connectivity index (χ3v) is 13.4. The number of nitrogens with zero attached hydrogens (tertiary/aromatic N) is 1. The van der Waals surface area contributed by atoms with Crippen LogP contribution >= 0.6 is 11.6 Å². The van der Waals surface area contributed by atoms with E-state index in [-0.39, 0.29) is 51.1 Å². The Morgan fingerprint density at radius 1 is 0.913 bits per heavy atom. The molecule has 4 aliphatic rings. The van der Waals surface area contributed by atoms with Crippen LogP contribution in [0.4, 0.5) is 0 Å². The summed E-state index contributed by atoms with van der Waals surface area (Å²) in [6.07, 6.45) is 14.1. The second kappa shape index (κ2) is 11.6. The van der Waals surface area contributed by atoms with Crippen LogP contribution in [0.2, 0.25) is 5.02 Å². The van der Waals surface area contributed by atoms with Crippen LogP contribution in [0.3, 0.4) is 0 Å². The molecule has 0 saturated heterocycles. The van der Waals surface area contributed by atoms with Gasteiger partial charge in [0.15, 0.2) is 11.6 Å². The maximum absolute atomic E-state index is 14.4. The van der Waals surface area contributed by atoms with Crippen molar-refractivity contribution in [2.45, 2.75) is 112 Å². The topological polar surface area (TPSA) is 87.0 Å². The Kier molecular flexibility index (Phi) is 8.68. The van der Waals surface area contributed by atoms with Gasteiger partial charge in [0.05, 0.1) is 5.57 Å².